The van der Waals surface area contributed by atoms with Crippen LogP contribution in [0.1, 0.15) is 32.0 Å². The van der Waals surface area contributed by atoms with Crippen molar-refractivity contribution in [3.05, 3.63) is 63.0 Å². The lowest BCUT2D eigenvalue weighted by Gasteiger charge is -2.26. The van der Waals surface area contributed by atoms with E-state index >= 15 is 0 Å². The monoisotopic (exact) mass is 522 g/mol. The number of rotatable bonds is 8. The third kappa shape index (κ3) is 5.48. The second kappa shape index (κ2) is 10.4. The van der Waals surface area contributed by atoms with Crippen LogP contribution < -0.4 is 5.32 Å². The number of hydrogen-bond donors (Lipinski definition) is 1. The van der Waals surface area contributed by atoms with Gasteiger partial charge in [0.25, 0.3) is 0 Å². The minimum Gasteiger partial charge on any atom is -0.350 e. The van der Waals surface area contributed by atoms with Gasteiger partial charge in [-0.3, -0.25) is 14.3 Å². The molecule has 0 aliphatic rings. The molecule has 3 aromatic rings. The summed E-state index contributed by atoms with van der Waals surface area (Å²) >= 11 is 9.26. The molecule has 0 aliphatic heterocycles. The Morgan fingerprint density at radius 3 is 2.72 bits per heavy atom. The normalized spacial score (nSPS) is 11.2. The van der Waals surface area contributed by atoms with E-state index in [1.165, 1.54) is 11.0 Å². The fraction of sp³-hybridized carbons (Fsp3) is 0.348. The molecule has 1 heterocycles. The zero-order valence-electron chi connectivity index (χ0n) is 18.2. The van der Waals surface area contributed by atoms with Gasteiger partial charge in [0.1, 0.15) is 12.4 Å². The smallest absolute Gasteiger partial charge is 0.245 e. The number of aromatic nitrogens is 2. The highest BCUT2D eigenvalue weighted by Crippen LogP contribution is 2.24. The number of nitrogens with one attached hydrogen (secondary N) is 1. The molecular formula is C23H25BrClFN4O2. The number of amides is 2. The van der Waals surface area contributed by atoms with E-state index in [0.717, 1.165) is 27.5 Å². The van der Waals surface area contributed by atoms with Crippen LogP contribution in [0.2, 0.25) is 5.02 Å². The molecule has 3 rings (SSSR count). The molecular weight excluding hydrogens is 499 g/mol. The number of benzene rings is 2. The van der Waals surface area contributed by atoms with Crippen LogP contribution in [0.4, 0.5) is 4.39 Å². The summed E-state index contributed by atoms with van der Waals surface area (Å²) in [4.78, 5) is 27.1. The molecule has 0 saturated heterocycles. The minimum atomic E-state index is -0.560. The fourth-order valence-electron chi connectivity index (χ4n) is 3.47. The van der Waals surface area contributed by atoms with Crippen molar-refractivity contribution in [2.24, 2.45) is 0 Å². The number of hydrogen-bond acceptors (Lipinski definition) is 3. The number of halogens is 3. The van der Waals surface area contributed by atoms with Crippen molar-refractivity contribution in [2.45, 2.75) is 46.3 Å². The Balaban J connectivity index is 1.70. The molecule has 1 N–H and O–H groups in total. The lowest BCUT2D eigenvalue weighted by Crippen LogP contribution is -2.45. The maximum Gasteiger partial charge on any atom is 0.245 e. The van der Waals surface area contributed by atoms with Gasteiger partial charge >= 0.3 is 0 Å². The average molecular weight is 524 g/mol. The van der Waals surface area contributed by atoms with Gasteiger partial charge in [-0.1, -0.05) is 46.6 Å². The predicted molar refractivity (Wildman–Crippen MR) is 127 cm³/mol. The summed E-state index contributed by atoms with van der Waals surface area (Å²) in [5.74, 6) is -1.16. The number of carbonyl (C=O) groups excluding carboxylic acids is 2. The Morgan fingerprint density at radius 1 is 1.28 bits per heavy atom. The second-order valence-electron chi connectivity index (χ2n) is 7.72. The first-order valence-electron chi connectivity index (χ1n) is 10.3. The molecule has 0 unspecified atom stereocenters. The average Bonchev–Trinajstić information content (AvgIpc) is 3.09. The van der Waals surface area contributed by atoms with Gasteiger partial charge in [0, 0.05) is 28.0 Å². The van der Waals surface area contributed by atoms with E-state index in [4.69, 9.17) is 11.6 Å². The summed E-state index contributed by atoms with van der Waals surface area (Å²) in [5, 5.41) is 8.25. The van der Waals surface area contributed by atoms with Crippen molar-refractivity contribution in [1.29, 1.82) is 0 Å². The van der Waals surface area contributed by atoms with Crippen molar-refractivity contribution in [1.82, 2.24) is 20.0 Å². The molecule has 0 bridgehead atoms. The SMILES string of the molecule is CCc1nn(CC(=O)N(CC(=O)NCc2cccc(Cl)c2F)C(C)C)c2ccc(Br)cc12. The van der Waals surface area contributed by atoms with E-state index in [1.807, 2.05) is 39.0 Å². The molecule has 0 radical (unpaired) electrons. The highest BCUT2D eigenvalue weighted by Gasteiger charge is 2.22. The van der Waals surface area contributed by atoms with Crippen LogP contribution >= 0.6 is 27.5 Å². The quantitative estimate of drug-likeness (QED) is 0.465. The number of aryl methyl sites for hydroxylation is 1. The van der Waals surface area contributed by atoms with Gasteiger partial charge in [0.05, 0.1) is 22.8 Å². The van der Waals surface area contributed by atoms with Crippen LogP contribution in [-0.2, 0) is 29.1 Å². The summed E-state index contributed by atoms with van der Waals surface area (Å²) in [5.41, 5.74) is 2.06. The van der Waals surface area contributed by atoms with Crippen molar-refractivity contribution < 1.29 is 14.0 Å². The topological polar surface area (TPSA) is 67.2 Å². The molecule has 9 heteroatoms. The molecule has 0 atom stereocenters. The molecule has 1 aromatic heterocycles. The zero-order valence-corrected chi connectivity index (χ0v) is 20.5. The van der Waals surface area contributed by atoms with Crippen LogP contribution in [0, 0.1) is 5.82 Å². The van der Waals surface area contributed by atoms with Crippen LogP contribution in [0.15, 0.2) is 40.9 Å². The summed E-state index contributed by atoms with van der Waals surface area (Å²) in [6.45, 7) is 5.58. The Labute approximate surface area is 199 Å². The molecule has 0 aliphatic carbocycles. The first kappa shape index (κ1) is 24.2. The Hall–Kier alpha value is -2.45. The molecule has 0 spiro atoms. The van der Waals surface area contributed by atoms with Crippen LogP contribution in [0.3, 0.4) is 0 Å². The number of fused-ring (bicyclic) bond motifs is 1. The summed E-state index contributed by atoms with van der Waals surface area (Å²) in [6.07, 6.45) is 0.741. The predicted octanol–water partition coefficient (Wildman–Crippen LogP) is 4.71. The molecule has 6 nitrogen and oxygen atoms in total. The van der Waals surface area contributed by atoms with Crippen molar-refractivity contribution in [3.8, 4) is 0 Å². The first-order chi connectivity index (χ1) is 15.2. The zero-order chi connectivity index (χ0) is 23.4. The van der Waals surface area contributed by atoms with Gasteiger partial charge in [-0.2, -0.15) is 5.10 Å². The van der Waals surface area contributed by atoms with E-state index < -0.39 is 5.82 Å². The van der Waals surface area contributed by atoms with Crippen molar-refractivity contribution in [3.63, 3.8) is 0 Å². The van der Waals surface area contributed by atoms with Crippen LogP contribution in [0.25, 0.3) is 10.9 Å². The number of nitrogens with zero attached hydrogens (tertiary/aromatic N) is 3. The lowest BCUT2D eigenvalue weighted by molar-refractivity contribution is -0.138. The minimum absolute atomic E-state index is 0.000612. The second-order valence-corrected chi connectivity index (χ2v) is 9.05. The Kier molecular flexibility index (Phi) is 7.90. The van der Waals surface area contributed by atoms with Gasteiger partial charge in [0.15, 0.2) is 0 Å². The van der Waals surface area contributed by atoms with E-state index in [1.54, 1.807) is 16.8 Å². The third-order valence-electron chi connectivity index (χ3n) is 5.17. The van der Waals surface area contributed by atoms with Crippen LogP contribution in [-0.4, -0.2) is 39.1 Å². The largest absolute Gasteiger partial charge is 0.350 e. The third-order valence-corrected chi connectivity index (χ3v) is 5.96. The maximum atomic E-state index is 14.0. The summed E-state index contributed by atoms with van der Waals surface area (Å²) in [6, 6.07) is 10.2. The van der Waals surface area contributed by atoms with Crippen LogP contribution in [0.5, 0.6) is 0 Å². The standard InChI is InChI=1S/C23H25BrClFN4O2/c1-4-19-17-10-16(24)8-9-20(17)30(28-19)13-22(32)29(14(2)3)12-21(31)27-11-15-6-5-7-18(25)23(15)26/h5-10,14H,4,11-13H2,1-3H3,(H,27,31). The molecule has 2 aromatic carbocycles. The van der Waals surface area contributed by atoms with Gasteiger partial charge in [-0.15, -0.1) is 0 Å². The lowest BCUT2D eigenvalue weighted by atomic mass is 10.2. The molecule has 32 heavy (non-hydrogen) atoms. The molecule has 2 amide bonds. The molecule has 170 valence electrons. The highest BCUT2D eigenvalue weighted by atomic mass is 79.9. The van der Waals surface area contributed by atoms with E-state index in [-0.39, 0.29) is 48.1 Å². The maximum absolute atomic E-state index is 14.0. The summed E-state index contributed by atoms with van der Waals surface area (Å²) < 4.78 is 16.7. The number of carbonyl (C=O) groups is 2. The van der Waals surface area contributed by atoms with Crippen molar-refractivity contribution in [2.75, 3.05) is 6.54 Å². The molecule has 0 saturated carbocycles. The van der Waals surface area contributed by atoms with Crippen molar-refractivity contribution >= 4 is 50.2 Å². The summed E-state index contributed by atoms with van der Waals surface area (Å²) in [7, 11) is 0. The van der Waals surface area contributed by atoms with E-state index in [0.29, 0.717) is 0 Å². The molecule has 0 fully saturated rings. The van der Waals surface area contributed by atoms with Gasteiger partial charge in [0.2, 0.25) is 11.8 Å². The van der Waals surface area contributed by atoms with E-state index in [2.05, 4.69) is 26.3 Å². The van der Waals surface area contributed by atoms with Gasteiger partial charge < -0.3 is 10.2 Å². The fourth-order valence-corrected chi connectivity index (χ4v) is 4.02. The Morgan fingerprint density at radius 2 is 2.03 bits per heavy atom. The van der Waals surface area contributed by atoms with E-state index in [9.17, 15) is 14.0 Å². The Bertz CT molecular complexity index is 1150. The first-order valence-corrected chi connectivity index (χ1v) is 11.5. The van der Waals surface area contributed by atoms with Gasteiger partial charge in [-0.05, 0) is 44.5 Å². The van der Waals surface area contributed by atoms with Gasteiger partial charge in [-0.25, -0.2) is 4.39 Å². The highest BCUT2D eigenvalue weighted by molar-refractivity contribution is 9.10.